The lowest BCUT2D eigenvalue weighted by Crippen LogP contribution is -2.14. The van der Waals surface area contributed by atoms with Crippen LogP contribution in [0, 0.1) is 0 Å². The van der Waals surface area contributed by atoms with Gasteiger partial charge in [0.1, 0.15) is 4.90 Å². The Morgan fingerprint density at radius 2 is 1.95 bits per heavy atom. The van der Waals surface area contributed by atoms with Crippen molar-refractivity contribution >= 4 is 60.8 Å². The summed E-state index contributed by atoms with van der Waals surface area (Å²) in [5, 5.41) is 4.35. The molecule has 3 rings (SSSR count). The summed E-state index contributed by atoms with van der Waals surface area (Å²) in [6, 6.07) is 7.90. The van der Waals surface area contributed by atoms with Gasteiger partial charge in [0.2, 0.25) is 0 Å². The quantitative estimate of drug-likeness (QED) is 0.655. The van der Waals surface area contributed by atoms with Crippen molar-refractivity contribution in [3.63, 3.8) is 0 Å². The zero-order valence-corrected chi connectivity index (χ0v) is 14.6. The summed E-state index contributed by atoms with van der Waals surface area (Å²) in [5.41, 5.74) is 0.517. The molecular formula is C12H7BrCl2N4O2S. The van der Waals surface area contributed by atoms with Gasteiger partial charge in [0.05, 0.1) is 10.0 Å². The number of hydrogen-bond donors (Lipinski definition) is 1. The van der Waals surface area contributed by atoms with Gasteiger partial charge in [-0.25, -0.2) is 17.7 Å². The molecule has 2 heterocycles. The average Bonchev–Trinajstić information content (AvgIpc) is 2.83. The molecule has 0 unspecified atom stereocenters. The predicted octanol–water partition coefficient (Wildman–Crippen LogP) is 3.60. The van der Waals surface area contributed by atoms with Crippen LogP contribution in [0.5, 0.6) is 0 Å². The number of rotatable bonds is 3. The number of pyridine rings is 1. The molecule has 6 nitrogen and oxygen atoms in total. The summed E-state index contributed by atoms with van der Waals surface area (Å²) < 4.78 is 29.0. The smallest absolute Gasteiger partial charge is 0.246 e. The van der Waals surface area contributed by atoms with Crippen LogP contribution in [0.2, 0.25) is 10.0 Å². The topological polar surface area (TPSA) is 76.4 Å². The minimum Gasteiger partial charge on any atom is -0.246 e. The van der Waals surface area contributed by atoms with Crippen LogP contribution in [0.4, 0.5) is 5.95 Å². The van der Waals surface area contributed by atoms with Gasteiger partial charge in [-0.2, -0.15) is 4.98 Å². The highest BCUT2D eigenvalue weighted by molar-refractivity contribution is 9.10. The number of fused-ring (bicyclic) bond motifs is 1. The number of halogens is 3. The fraction of sp³-hybridized carbons (Fsp3) is 0. The Labute approximate surface area is 144 Å². The van der Waals surface area contributed by atoms with E-state index in [0.717, 1.165) is 0 Å². The van der Waals surface area contributed by atoms with Crippen LogP contribution in [-0.2, 0) is 10.0 Å². The first-order valence-electron chi connectivity index (χ1n) is 5.85. The molecule has 1 N–H and O–H groups in total. The van der Waals surface area contributed by atoms with Crippen LogP contribution in [0.15, 0.2) is 45.9 Å². The van der Waals surface area contributed by atoms with E-state index < -0.39 is 10.0 Å². The molecule has 22 heavy (non-hydrogen) atoms. The van der Waals surface area contributed by atoms with Crippen LogP contribution in [0.25, 0.3) is 5.65 Å². The van der Waals surface area contributed by atoms with Crippen molar-refractivity contribution in [1.29, 1.82) is 0 Å². The van der Waals surface area contributed by atoms with Crippen molar-refractivity contribution in [2.75, 3.05) is 4.72 Å². The van der Waals surface area contributed by atoms with Crippen LogP contribution in [0.3, 0.4) is 0 Å². The maximum absolute atomic E-state index is 12.4. The van der Waals surface area contributed by atoms with Gasteiger partial charge < -0.3 is 0 Å². The molecular weight excluding hydrogens is 415 g/mol. The molecule has 0 aliphatic rings. The van der Waals surface area contributed by atoms with E-state index in [1.807, 2.05) is 0 Å². The number of benzene rings is 1. The zero-order chi connectivity index (χ0) is 15.9. The van der Waals surface area contributed by atoms with Crippen molar-refractivity contribution in [3.05, 3.63) is 51.0 Å². The third-order valence-corrected chi connectivity index (χ3v) is 5.72. The summed E-state index contributed by atoms with van der Waals surface area (Å²) >= 11 is 15.0. The highest BCUT2D eigenvalue weighted by atomic mass is 79.9. The maximum atomic E-state index is 12.4. The molecule has 0 bridgehead atoms. The second-order valence-electron chi connectivity index (χ2n) is 4.24. The van der Waals surface area contributed by atoms with Crippen LogP contribution in [0.1, 0.15) is 0 Å². The Morgan fingerprint density at radius 3 is 2.68 bits per heavy atom. The number of nitrogens with zero attached hydrogens (tertiary/aromatic N) is 3. The fourth-order valence-corrected chi connectivity index (χ4v) is 3.97. The van der Waals surface area contributed by atoms with E-state index in [-0.39, 0.29) is 15.9 Å². The monoisotopic (exact) mass is 420 g/mol. The third-order valence-electron chi connectivity index (χ3n) is 2.73. The molecule has 10 heteroatoms. The predicted molar refractivity (Wildman–Crippen MR) is 88.0 cm³/mol. The lowest BCUT2D eigenvalue weighted by atomic mass is 10.4. The van der Waals surface area contributed by atoms with Crippen molar-refractivity contribution in [2.24, 2.45) is 0 Å². The first kappa shape index (κ1) is 15.5. The van der Waals surface area contributed by atoms with E-state index in [1.165, 1.54) is 16.6 Å². The van der Waals surface area contributed by atoms with Crippen molar-refractivity contribution in [2.45, 2.75) is 4.90 Å². The van der Waals surface area contributed by atoms with Crippen molar-refractivity contribution in [3.8, 4) is 0 Å². The SMILES string of the molecule is O=S(=O)(Nc1nc2ccccn2n1)c1cc(Br)c(Cl)cc1Cl. The molecule has 0 spiro atoms. The molecule has 0 saturated heterocycles. The van der Waals surface area contributed by atoms with E-state index >= 15 is 0 Å². The number of hydrogen-bond acceptors (Lipinski definition) is 4. The number of aromatic nitrogens is 3. The van der Waals surface area contributed by atoms with Crippen molar-refractivity contribution in [1.82, 2.24) is 14.6 Å². The lowest BCUT2D eigenvalue weighted by Gasteiger charge is -2.08. The molecule has 0 aliphatic carbocycles. The average molecular weight is 422 g/mol. The summed E-state index contributed by atoms with van der Waals surface area (Å²) in [4.78, 5) is 3.95. The van der Waals surface area contributed by atoms with Crippen molar-refractivity contribution < 1.29 is 8.42 Å². The van der Waals surface area contributed by atoms with E-state index in [0.29, 0.717) is 15.1 Å². The minimum absolute atomic E-state index is 0.00413. The lowest BCUT2D eigenvalue weighted by molar-refractivity contribution is 0.601. The Morgan fingerprint density at radius 1 is 1.18 bits per heavy atom. The molecule has 2 aromatic heterocycles. The molecule has 1 aromatic carbocycles. The van der Waals surface area contributed by atoms with Gasteiger partial charge in [0.15, 0.2) is 5.65 Å². The van der Waals surface area contributed by atoms with Gasteiger partial charge in [-0.1, -0.05) is 29.3 Å². The standard InChI is InChI=1S/C12H7BrCl2N4O2S/c13-7-5-10(9(15)6-8(7)14)22(20,21)18-12-16-11-3-1-2-4-19(11)17-12/h1-6H,(H,17,18). The fourth-order valence-electron chi connectivity index (χ4n) is 1.76. The molecule has 0 fully saturated rings. The molecule has 0 aliphatic heterocycles. The van der Waals surface area contributed by atoms with Crippen LogP contribution in [-0.4, -0.2) is 23.0 Å². The Bertz CT molecular complexity index is 941. The molecule has 0 atom stereocenters. The first-order valence-corrected chi connectivity index (χ1v) is 8.89. The van der Waals surface area contributed by atoms with Crippen LogP contribution < -0.4 is 4.72 Å². The Balaban J connectivity index is 2.01. The van der Waals surface area contributed by atoms with Crippen LogP contribution >= 0.6 is 39.1 Å². The molecule has 0 radical (unpaired) electrons. The Kier molecular flexibility index (Phi) is 4.02. The first-order chi connectivity index (χ1) is 10.4. The number of anilines is 1. The highest BCUT2D eigenvalue weighted by Crippen LogP contribution is 2.32. The zero-order valence-electron chi connectivity index (χ0n) is 10.7. The summed E-state index contributed by atoms with van der Waals surface area (Å²) in [6.07, 6.45) is 1.66. The normalized spacial score (nSPS) is 11.8. The molecule has 114 valence electrons. The highest BCUT2D eigenvalue weighted by Gasteiger charge is 2.21. The Hall–Kier alpha value is -1.35. The van der Waals surface area contributed by atoms with Gasteiger partial charge in [0, 0.05) is 10.7 Å². The van der Waals surface area contributed by atoms with Gasteiger partial charge in [-0.05, 0) is 40.2 Å². The summed E-state index contributed by atoms with van der Waals surface area (Å²) in [7, 11) is -3.94. The van der Waals surface area contributed by atoms with Gasteiger partial charge in [-0.15, -0.1) is 5.10 Å². The van der Waals surface area contributed by atoms with E-state index in [2.05, 4.69) is 30.7 Å². The maximum Gasteiger partial charge on any atom is 0.265 e. The molecule has 0 amide bonds. The van der Waals surface area contributed by atoms with Gasteiger partial charge >= 0.3 is 0 Å². The minimum atomic E-state index is -3.94. The second-order valence-corrected chi connectivity index (χ2v) is 7.56. The third kappa shape index (κ3) is 2.91. The number of nitrogens with one attached hydrogen (secondary N) is 1. The molecule has 3 aromatic rings. The number of sulfonamides is 1. The largest absolute Gasteiger partial charge is 0.265 e. The van der Waals surface area contributed by atoms with E-state index in [4.69, 9.17) is 23.2 Å². The van der Waals surface area contributed by atoms with Gasteiger partial charge in [-0.3, -0.25) is 0 Å². The van der Waals surface area contributed by atoms with Gasteiger partial charge in [0.25, 0.3) is 16.0 Å². The summed E-state index contributed by atoms with van der Waals surface area (Å²) in [5.74, 6) is -0.0478. The molecule has 0 saturated carbocycles. The second kappa shape index (κ2) is 5.69. The summed E-state index contributed by atoms with van der Waals surface area (Å²) in [6.45, 7) is 0. The van der Waals surface area contributed by atoms with E-state index in [1.54, 1.807) is 24.4 Å². The van der Waals surface area contributed by atoms with E-state index in [9.17, 15) is 8.42 Å².